The summed E-state index contributed by atoms with van der Waals surface area (Å²) in [6, 6.07) is 0.258. The van der Waals surface area contributed by atoms with Crippen molar-refractivity contribution in [3.63, 3.8) is 0 Å². The van der Waals surface area contributed by atoms with E-state index in [0.29, 0.717) is 36.8 Å². The van der Waals surface area contributed by atoms with Crippen molar-refractivity contribution < 1.29 is 9.26 Å². The molecule has 0 atom stereocenters. The molecule has 0 unspecified atom stereocenters. The summed E-state index contributed by atoms with van der Waals surface area (Å²) in [6.07, 6.45) is 0. The van der Waals surface area contributed by atoms with Crippen LogP contribution in [0.25, 0.3) is 0 Å². The van der Waals surface area contributed by atoms with E-state index in [1.807, 2.05) is 6.92 Å². The minimum Gasteiger partial charge on any atom is -0.464 e. The van der Waals surface area contributed by atoms with Gasteiger partial charge < -0.3 is 19.9 Å². The number of aryl methyl sites for hydroxylation is 1. The van der Waals surface area contributed by atoms with Crippen LogP contribution in [0.5, 0.6) is 6.01 Å². The average Bonchev–Trinajstić information content (AvgIpc) is 2.82. The summed E-state index contributed by atoms with van der Waals surface area (Å²) < 4.78 is 10.1. The lowest BCUT2D eigenvalue weighted by Crippen LogP contribution is -2.10. The molecule has 2 aromatic rings. The predicted octanol–water partition coefficient (Wildman–Crippen LogP) is 0.616. The Bertz CT molecular complexity index is 542. The van der Waals surface area contributed by atoms with Crippen LogP contribution < -0.4 is 15.4 Å². The van der Waals surface area contributed by atoms with Gasteiger partial charge in [0.25, 0.3) is 0 Å². The fraction of sp³-hybridized carbons (Fsp3) is 0.500. The topological polar surface area (TPSA) is 111 Å². The molecule has 9 heteroatoms. The van der Waals surface area contributed by atoms with E-state index in [4.69, 9.17) is 9.26 Å². The van der Waals surface area contributed by atoms with Gasteiger partial charge in [-0.2, -0.15) is 19.9 Å². The summed E-state index contributed by atoms with van der Waals surface area (Å²) in [5.74, 6) is 1.84. The Labute approximate surface area is 109 Å². The van der Waals surface area contributed by atoms with Gasteiger partial charge in [-0.3, -0.25) is 0 Å². The first-order valence-electron chi connectivity index (χ1n) is 5.81. The van der Waals surface area contributed by atoms with Crippen LogP contribution in [0.4, 0.5) is 11.9 Å². The second kappa shape index (κ2) is 5.94. The molecule has 0 radical (unpaired) electrons. The average molecular weight is 265 g/mol. The fourth-order valence-corrected chi connectivity index (χ4v) is 1.31. The minimum atomic E-state index is 0.258. The van der Waals surface area contributed by atoms with Gasteiger partial charge in [-0.05, 0) is 6.92 Å². The zero-order valence-corrected chi connectivity index (χ0v) is 11.0. The number of nitrogens with zero attached hydrogens (tertiary/aromatic N) is 5. The predicted molar refractivity (Wildman–Crippen MR) is 66.9 cm³/mol. The molecule has 2 heterocycles. The Morgan fingerprint density at radius 3 is 2.58 bits per heavy atom. The Morgan fingerprint density at radius 1 is 1.16 bits per heavy atom. The van der Waals surface area contributed by atoms with Gasteiger partial charge >= 0.3 is 6.01 Å². The normalized spacial score (nSPS) is 10.3. The van der Waals surface area contributed by atoms with E-state index in [-0.39, 0.29) is 6.01 Å². The highest BCUT2D eigenvalue weighted by Crippen LogP contribution is 2.11. The molecular weight excluding hydrogens is 250 g/mol. The van der Waals surface area contributed by atoms with Crippen LogP contribution in [-0.4, -0.2) is 38.7 Å². The van der Waals surface area contributed by atoms with Crippen molar-refractivity contribution >= 4 is 11.9 Å². The number of nitrogens with one attached hydrogen (secondary N) is 2. The number of ether oxygens (including phenoxy) is 1. The first kappa shape index (κ1) is 13.0. The smallest absolute Gasteiger partial charge is 0.323 e. The molecule has 0 aromatic carbocycles. The summed E-state index contributed by atoms with van der Waals surface area (Å²) in [5.41, 5.74) is 0. The molecule has 0 spiro atoms. The van der Waals surface area contributed by atoms with Gasteiger partial charge in [-0.25, -0.2) is 0 Å². The highest BCUT2D eigenvalue weighted by atomic mass is 16.5. The molecular formula is C10H15N7O2. The van der Waals surface area contributed by atoms with Gasteiger partial charge in [0.2, 0.25) is 17.8 Å². The van der Waals surface area contributed by atoms with Crippen molar-refractivity contribution in [1.82, 2.24) is 25.1 Å². The quantitative estimate of drug-likeness (QED) is 0.776. The molecule has 0 saturated heterocycles. The zero-order valence-electron chi connectivity index (χ0n) is 11.0. The zero-order chi connectivity index (χ0) is 13.7. The van der Waals surface area contributed by atoms with Crippen LogP contribution in [0, 0.1) is 6.92 Å². The lowest BCUT2D eigenvalue weighted by Gasteiger charge is -2.07. The molecule has 0 bridgehead atoms. The van der Waals surface area contributed by atoms with Gasteiger partial charge in [0.15, 0.2) is 5.82 Å². The van der Waals surface area contributed by atoms with Gasteiger partial charge in [-0.15, -0.1) is 0 Å². The van der Waals surface area contributed by atoms with Gasteiger partial charge in [0, 0.05) is 14.0 Å². The third kappa shape index (κ3) is 3.50. The molecule has 0 aliphatic rings. The third-order valence-corrected chi connectivity index (χ3v) is 2.09. The molecule has 0 aliphatic carbocycles. The lowest BCUT2D eigenvalue weighted by molar-refractivity contribution is 0.312. The number of anilines is 2. The molecule has 0 fully saturated rings. The first-order chi connectivity index (χ1) is 9.21. The Kier molecular flexibility index (Phi) is 4.06. The van der Waals surface area contributed by atoms with Gasteiger partial charge in [0.1, 0.15) is 0 Å². The molecule has 9 nitrogen and oxygen atoms in total. The molecule has 19 heavy (non-hydrogen) atoms. The van der Waals surface area contributed by atoms with E-state index < -0.39 is 0 Å². The number of hydrogen-bond donors (Lipinski definition) is 2. The maximum atomic E-state index is 5.25. The van der Waals surface area contributed by atoms with Gasteiger partial charge in [-0.1, -0.05) is 5.16 Å². The Balaban J connectivity index is 2.08. The number of aromatic nitrogens is 5. The second-order valence-corrected chi connectivity index (χ2v) is 3.53. The Morgan fingerprint density at radius 2 is 1.95 bits per heavy atom. The maximum absolute atomic E-state index is 5.25. The summed E-state index contributed by atoms with van der Waals surface area (Å²) in [7, 11) is 1.72. The molecule has 0 aliphatic heterocycles. The fourth-order valence-electron chi connectivity index (χ4n) is 1.31. The second-order valence-electron chi connectivity index (χ2n) is 3.53. The molecule has 0 saturated carbocycles. The van der Waals surface area contributed by atoms with Crippen molar-refractivity contribution in [2.24, 2.45) is 0 Å². The Hall–Kier alpha value is -2.45. The van der Waals surface area contributed by atoms with E-state index in [2.05, 4.69) is 35.7 Å². The largest absolute Gasteiger partial charge is 0.464 e. The lowest BCUT2D eigenvalue weighted by atomic mass is 10.6. The molecule has 2 rings (SSSR count). The van der Waals surface area contributed by atoms with E-state index in [0.717, 1.165) is 0 Å². The first-order valence-corrected chi connectivity index (χ1v) is 5.81. The van der Waals surface area contributed by atoms with Crippen LogP contribution in [0.2, 0.25) is 0 Å². The maximum Gasteiger partial charge on any atom is 0.323 e. The van der Waals surface area contributed by atoms with Crippen LogP contribution in [0.3, 0.4) is 0 Å². The summed E-state index contributed by atoms with van der Waals surface area (Å²) in [4.78, 5) is 16.4. The highest BCUT2D eigenvalue weighted by Gasteiger charge is 2.08. The standard InChI is InChI=1S/C10H15N7O2/c1-4-18-10-15-8(11-3)14-9(16-10)12-5-7-13-6(2)19-17-7/h4-5H2,1-3H3,(H2,11,12,14,15,16). The van der Waals surface area contributed by atoms with Crippen molar-refractivity contribution in [2.75, 3.05) is 24.3 Å². The minimum absolute atomic E-state index is 0.258. The van der Waals surface area contributed by atoms with Crippen molar-refractivity contribution in [3.8, 4) is 6.01 Å². The van der Waals surface area contributed by atoms with Crippen LogP contribution in [0.15, 0.2) is 4.52 Å². The monoisotopic (exact) mass is 265 g/mol. The SMILES string of the molecule is CCOc1nc(NC)nc(NCc2noc(C)n2)n1. The van der Waals surface area contributed by atoms with Crippen LogP contribution in [-0.2, 0) is 6.54 Å². The summed E-state index contributed by atoms with van der Waals surface area (Å²) in [6.45, 7) is 4.43. The van der Waals surface area contributed by atoms with Crippen molar-refractivity contribution in [3.05, 3.63) is 11.7 Å². The third-order valence-electron chi connectivity index (χ3n) is 2.09. The van der Waals surface area contributed by atoms with Crippen LogP contribution in [0.1, 0.15) is 18.6 Å². The number of rotatable bonds is 6. The van der Waals surface area contributed by atoms with E-state index >= 15 is 0 Å². The van der Waals surface area contributed by atoms with E-state index in [1.54, 1.807) is 14.0 Å². The highest BCUT2D eigenvalue weighted by molar-refractivity contribution is 5.35. The van der Waals surface area contributed by atoms with E-state index in [1.165, 1.54) is 0 Å². The van der Waals surface area contributed by atoms with Crippen molar-refractivity contribution in [2.45, 2.75) is 20.4 Å². The van der Waals surface area contributed by atoms with E-state index in [9.17, 15) is 0 Å². The summed E-state index contributed by atoms with van der Waals surface area (Å²) >= 11 is 0. The van der Waals surface area contributed by atoms with Crippen LogP contribution >= 0.6 is 0 Å². The molecule has 102 valence electrons. The molecule has 2 aromatic heterocycles. The number of hydrogen-bond acceptors (Lipinski definition) is 9. The van der Waals surface area contributed by atoms with Gasteiger partial charge in [0.05, 0.1) is 13.2 Å². The molecule has 0 amide bonds. The molecule has 2 N–H and O–H groups in total. The van der Waals surface area contributed by atoms with Crippen molar-refractivity contribution in [1.29, 1.82) is 0 Å². The summed E-state index contributed by atoms with van der Waals surface area (Å²) in [5, 5.41) is 9.58.